The van der Waals surface area contributed by atoms with Gasteiger partial charge in [0, 0.05) is 41.8 Å². The van der Waals surface area contributed by atoms with Crippen molar-refractivity contribution in [3.8, 4) is 11.5 Å². The van der Waals surface area contributed by atoms with E-state index in [0.29, 0.717) is 25.2 Å². The highest BCUT2D eigenvalue weighted by molar-refractivity contribution is 6.30. The maximum Gasteiger partial charge on any atom is 0.225 e. The number of fused-ring (bicyclic) bond motifs is 2. The van der Waals surface area contributed by atoms with Crippen molar-refractivity contribution in [2.45, 2.75) is 31.3 Å². The first-order valence-electron chi connectivity index (χ1n) is 12.1. The lowest BCUT2D eigenvalue weighted by Gasteiger charge is -2.44. The maximum atomic E-state index is 13.3. The lowest BCUT2D eigenvalue weighted by molar-refractivity contribution is -0.131. The summed E-state index contributed by atoms with van der Waals surface area (Å²) in [6.45, 7) is 5.06. The van der Waals surface area contributed by atoms with Gasteiger partial charge in [-0.05, 0) is 74.3 Å². The Bertz CT molecular complexity index is 1020. The monoisotopic (exact) mass is 467 g/mol. The second-order valence-electron chi connectivity index (χ2n) is 9.68. The molecule has 6 rings (SSSR count). The van der Waals surface area contributed by atoms with Crippen LogP contribution in [-0.2, 0) is 11.2 Å². The number of amides is 1. The van der Waals surface area contributed by atoms with Crippen LogP contribution in [0.1, 0.15) is 18.4 Å². The van der Waals surface area contributed by atoms with Crippen molar-refractivity contribution in [1.82, 2.24) is 10.2 Å². The van der Waals surface area contributed by atoms with Gasteiger partial charge in [-0.25, -0.2) is 0 Å². The van der Waals surface area contributed by atoms with Crippen LogP contribution >= 0.6 is 11.6 Å². The van der Waals surface area contributed by atoms with Crippen LogP contribution in [-0.4, -0.2) is 62.3 Å². The number of anilines is 1. The molecule has 0 aromatic heterocycles. The van der Waals surface area contributed by atoms with Crippen LogP contribution in [0.2, 0.25) is 5.02 Å². The standard InChI is InChI=1S/C26H30ClN3O3/c27-18-4-6-19(7-5-18)30-15-20-21(16-30)26(31)28-22(25(20)29-9-1-2-10-29)13-17-3-8-23-24(14-17)33-12-11-32-23/h3-8,14,20-22,25H,1-2,9-13,15-16H2,(H,28,31). The number of carbonyl (C=O) groups is 1. The largest absolute Gasteiger partial charge is 0.486 e. The summed E-state index contributed by atoms with van der Waals surface area (Å²) >= 11 is 6.11. The average molecular weight is 468 g/mol. The molecule has 0 bridgehead atoms. The third kappa shape index (κ3) is 4.04. The van der Waals surface area contributed by atoms with Gasteiger partial charge in [0.15, 0.2) is 11.5 Å². The predicted octanol–water partition coefficient (Wildman–Crippen LogP) is 3.37. The van der Waals surface area contributed by atoms with E-state index in [-0.39, 0.29) is 17.9 Å². The second kappa shape index (κ2) is 8.73. The van der Waals surface area contributed by atoms with Crippen LogP contribution in [0.4, 0.5) is 5.69 Å². The second-order valence-corrected chi connectivity index (χ2v) is 10.1. The average Bonchev–Trinajstić information content (AvgIpc) is 3.51. The number of ether oxygens (including phenoxy) is 2. The molecule has 1 amide bonds. The van der Waals surface area contributed by atoms with Gasteiger partial charge in [-0.2, -0.15) is 0 Å². The van der Waals surface area contributed by atoms with Gasteiger partial charge in [0.2, 0.25) is 5.91 Å². The molecule has 174 valence electrons. The van der Waals surface area contributed by atoms with Crippen LogP contribution in [0.3, 0.4) is 0 Å². The van der Waals surface area contributed by atoms with Gasteiger partial charge in [-0.15, -0.1) is 0 Å². The highest BCUT2D eigenvalue weighted by Gasteiger charge is 2.51. The van der Waals surface area contributed by atoms with Gasteiger partial charge in [-0.1, -0.05) is 17.7 Å². The maximum absolute atomic E-state index is 13.3. The Balaban J connectivity index is 1.27. The van der Waals surface area contributed by atoms with Crippen molar-refractivity contribution >= 4 is 23.2 Å². The SMILES string of the molecule is O=C1NC(Cc2ccc3c(c2)OCCO3)C(N2CCCC2)C2CN(c3ccc(Cl)cc3)CC12. The fourth-order valence-electron chi connectivity index (χ4n) is 6.19. The van der Waals surface area contributed by atoms with E-state index < -0.39 is 0 Å². The van der Waals surface area contributed by atoms with Gasteiger partial charge in [0.1, 0.15) is 13.2 Å². The Hall–Kier alpha value is -2.44. The molecule has 0 aliphatic carbocycles. The molecule has 4 heterocycles. The molecule has 6 nitrogen and oxygen atoms in total. The van der Waals surface area contributed by atoms with E-state index >= 15 is 0 Å². The zero-order valence-corrected chi connectivity index (χ0v) is 19.5. The fraction of sp³-hybridized carbons (Fsp3) is 0.500. The van der Waals surface area contributed by atoms with Gasteiger partial charge >= 0.3 is 0 Å². The van der Waals surface area contributed by atoms with Gasteiger partial charge < -0.3 is 19.7 Å². The molecule has 4 aliphatic rings. The number of likely N-dealkylation sites (tertiary alicyclic amines) is 1. The number of hydrogen-bond acceptors (Lipinski definition) is 5. The molecule has 2 aromatic carbocycles. The summed E-state index contributed by atoms with van der Waals surface area (Å²) in [4.78, 5) is 18.3. The molecule has 0 spiro atoms. The zero-order chi connectivity index (χ0) is 22.4. The molecule has 2 aromatic rings. The molecule has 3 fully saturated rings. The number of piperidine rings is 1. The van der Waals surface area contributed by atoms with Crippen molar-refractivity contribution < 1.29 is 14.3 Å². The summed E-state index contributed by atoms with van der Waals surface area (Å²) in [5.41, 5.74) is 2.32. The molecule has 4 atom stereocenters. The van der Waals surface area contributed by atoms with Gasteiger partial charge in [0.05, 0.1) is 5.92 Å². The summed E-state index contributed by atoms with van der Waals surface area (Å²) < 4.78 is 11.5. The summed E-state index contributed by atoms with van der Waals surface area (Å²) in [6, 6.07) is 14.6. The van der Waals surface area contributed by atoms with Crippen molar-refractivity contribution in [3.63, 3.8) is 0 Å². The van der Waals surface area contributed by atoms with E-state index in [0.717, 1.165) is 54.8 Å². The molecule has 3 saturated heterocycles. The Morgan fingerprint density at radius 2 is 1.73 bits per heavy atom. The number of benzene rings is 2. The molecular weight excluding hydrogens is 438 g/mol. The Morgan fingerprint density at radius 3 is 2.52 bits per heavy atom. The first kappa shape index (κ1) is 21.1. The van der Waals surface area contributed by atoms with Crippen molar-refractivity contribution in [1.29, 1.82) is 0 Å². The van der Waals surface area contributed by atoms with E-state index in [1.165, 1.54) is 18.4 Å². The van der Waals surface area contributed by atoms with Crippen LogP contribution in [0.15, 0.2) is 42.5 Å². The highest BCUT2D eigenvalue weighted by atomic mass is 35.5. The minimum absolute atomic E-state index is 0.0165. The predicted molar refractivity (Wildman–Crippen MR) is 128 cm³/mol. The Labute approximate surface area is 199 Å². The lowest BCUT2D eigenvalue weighted by Crippen LogP contribution is -2.63. The summed E-state index contributed by atoms with van der Waals surface area (Å²) in [5, 5.41) is 4.16. The van der Waals surface area contributed by atoms with Crippen molar-refractivity contribution in [2.75, 3.05) is 44.3 Å². The first-order chi connectivity index (χ1) is 16.2. The van der Waals surface area contributed by atoms with E-state index in [9.17, 15) is 4.79 Å². The number of hydrogen-bond donors (Lipinski definition) is 1. The molecule has 4 aliphatic heterocycles. The van der Waals surface area contributed by atoms with Crippen molar-refractivity contribution in [3.05, 3.63) is 53.1 Å². The highest BCUT2D eigenvalue weighted by Crippen LogP contribution is 2.39. The van der Waals surface area contributed by atoms with Gasteiger partial charge in [0.25, 0.3) is 0 Å². The topological polar surface area (TPSA) is 54.0 Å². The van der Waals surface area contributed by atoms with E-state index in [4.69, 9.17) is 21.1 Å². The number of nitrogens with zero attached hydrogens (tertiary/aromatic N) is 2. The summed E-state index contributed by atoms with van der Waals surface area (Å²) in [6.07, 6.45) is 3.27. The third-order valence-corrected chi connectivity index (χ3v) is 7.95. The molecule has 7 heteroatoms. The number of rotatable bonds is 4. The molecule has 0 saturated carbocycles. The lowest BCUT2D eigenvalue weighted by atomic mass is 9.78. The minimum atomic E-state index is 0.0165. The number of nitrogens with one attached hydrogen (secondary N) is 1. The van der Waals surface area contributed by atoms with Crippen LogP contribution in [0.5, 0.6) is 11.5 Å². The number of carbonyl (C=O) groups excluding carboxylic acids is 1. The summed E-state index contributed by atoms with van der Waals surface area (Å²) in [5.74, 6) is 2.14. The zero-order valence-electron chi connectivity index (χ0n) is 18.7. The fourth-order valence-corrected chi connectivity index (χ4v) is 6.32. The van der Waals surface area contributed by atoms with E-state index in [2.05, 4.69) is 39.4 Å². The molecule has 1 N–H and O–H groups in total. The third-order valence-electron chi connectivity index (χ3n) is 7.70. The molecular formula is C26H30ClN3O3. The Kier molecular flexibility index (Phi) is 5.59. The normalized spacial score (nSPS) is 29.1. The van der Waals surface area contributed by atoms with E-state index in [1.54, 1.807) is 0 Å². The molecule has 4 unspecified atom stereocenters. The quantitative estimate of drug-likeness (QED) is 0.747. The smallest absolute Gasteiger partial charge is 0.225 e. The minimum Gasteiger partial charge on any atom is -0.486 e. The van der Waals surface area contributed by atoms with Gasteiger partial charge in [-0.3, -0.25) is 9.69 Å². The van der Waals surface area contributed by atoms with Crippen LogP contribution in [0, 0.1) is 11.8 Å². The Morgan fingerprint density at radius 1 is 0.970 bits per heavy atom. The summed E-state index contributed by atoms with van der Waals surface area (Å²) in [7, 11) is 0. The molecule has 33 heavy (non-hydrogen) atoms. The van der Waals surface area contributed by atoms with Crippen LogP contribution in [0.25, 0.3) is 0 Å². The molecule has 0 radical (unpaired) electrons. The number of halogens is 1. The van der Waals surface area contributed by atoms with Crippen molar-refractivity contribution in [2.24, 2.45) is 11.8 Å². The first-order valence-corrected chi connectivity index (χ1v) is 12.5. The van der Waals surface area contributed by atoms with E-state index in [1.807, 2.05) is 18.2 Å². The van der Waals surface area contributed by atoms with Crippen LogP contribution < -0.4 is 19.7 Å².